The van der Waals surface area contributed by atoms with Crippen LogP contribution < -0.4 is 5.32 Å². The largest absolute Gasteiger partial charge is 0.381 e. The fourth-order valence-electron chi connectivity index (χ4n) is 4.25. The summed E-state index contributed by atoms with van der Waals surface area (Å²) in [7, 11) is 0. The summed E-state index contributed by atoms with van der Waals surface area (Å²) in [4.78, 5) is 2.86. The van der Waals surface area contributed by atoms with Crippen LogP contribution in [0.2, 0.25) is 0 Å². The minimum atomic E-state index is 0.479. The van der Waals surface area contributed by atoms with Crippen molar-refractivity contribution >= 4 is 0 Å². The molecule has 3 rings (SSSR count). The zero-order valence-electron chi connectivity index (χ0n) is 12.5. The molecule has 0 aromatic rings. The predicted molar refractivity (Wildman–Crippen MR) is 78.4 cm³/mol. The summed E-state index contributed by atoms with van der Waals surface area (Å²) >= 11 is 0. The standard InChI is InChI=1S/C16H30N2O/c1-2-15-11-18(10-14-6-9-19-12-14)16(13-17-15)7-4-3-5-8-16/h14-15,17H,2-13H2,1H3. The van der Waals surface area contributed by atoms with Crippen molar-refractivity contribution in [3.63, 3.8) is 0 Å². The van der Waals surface area contributed by atoms with Crippen LogP contribution in [-0.4, -0.2) is 49.3 Å². The van der Waals surface area contributed by atoms with E-state index < -0.39 is 0 Å². The number of nitrogens with one attached hydrogen (secondary N) is 1. The summed E-state index contributed by atoms with van der Waals surface area (Å²) < 4.78 is 5.59. The van der Waals surface area contributed by atoms with Crippen molar-refractivity contribution in [3.05, 3.63) is 0 Å². The van der Waals surface area contributed by atoms with Crippen LogP contribution >= 0.6 is 0 Å². The van der Waals surface area contributed by atoms with Gasteiger partial charge in [0.05, 0.1) is 6.61 Å². The third-order valence-electron chi connectivity index (χ3n) is 5.61. The number of hydrogen-bond donors (Lipinski definition) is 1. The molecule has 0 aromatic carbocycles. The van der Waals surface area contributed by atoms with Gasteiger partial charge in [0.1, 0.15) is 0 Å². The zero-order valence-corrected chi connectivity index (χ0v) is 12.5. The average molecular weight is 266 g/mol. The van der Waals surface area contributed by atoms with Gasteiger partial charge in [-0.25, -0.2) is 0 Å². The lowest BCUT2D eigenvalue weighted by atomic mass is 9.77. The Morgan fingerprint density at radius 2 is 2.11 bits per heavy atom. The normalized spacial score (nSPS) is 35.8. The quantitative estimate of drug-likeness (QED) is 0.849. The molecule has 0 aromatic heterocycles. The van der Waals surface area contributed by atoms with Gasteiger partial charge in [-0.3, -0.25) is 4.90 Å². The molecule has 0 amide bonds. The lowest BCUT2D eigenvalue weighted by Crippen LogP contribution is -2.65. The summed E-state index contributed by atoms with van der Waals surface area (Å²) in [6.45, 7) is 8.05. The van der Waals surface area contributed by atoms with Gasteiger partial charge in [-0.15, -0.1) is 0 Å². The van der Waals surface area contributed by atoms with Crippen molar-refractivity contribution in [1.82, 2.24) is 10.2 Å². The molecule has 3 nitrogen and oxygen atoms in total. The predicted octanol–water partition coefficient (Wildman–Crippen LogP) is 2.41. The van der Waals surface area contributed by atoms with Crippen LogP contribution in [0.15, 0.2) is 0 Å². The van der Waals surface area contributed by atoms with Crippen LogP contribution in [0.3, 0.4) is 0 Å². The van der Waals surface area contributed by atoms with E-state index in [-0.39, 0.29) is 0 Å². The second-order valence-corrected chi connectivity index (χ2v) is 6.91. The first-order valence-electron chi connectivity index (χ1n) is 8.38. The van der Waals surface area contributed by atoms with Crippen LogP contribution in [0.5, 0.6) is 0 Å². The monoisotopic (exact) mass is 266 g/mol. The Morgan fingerprint density at radius 3 is 2.79 bits per heavy atom. The van der Waals surface area contributed by atoms with Gasteiger partial charge in [0, 0.05) is 37.8 Å². The summed E-state index contributed by atoms with van der Waals surface area (Å²) in [6, 6.07) is 0.704. The van der Waals surface area contributed by atoms with Gasteiger partial charge >= 0.3 is 0 Å². The molecule has 19 heavy (non-hydrogen) atoms. The molecule has 1 saturated carbocycles. The molecule has 3 heteroatoms. The number of hydrogen-bond acceptors (Lipinski definition) is 3. The molecule has 2 heterocycles. The molecule has 3 fully saturated rings. The van der Waals surface area contributed by atoms with Gasteiger partial charge in [-0.05, 0) is 31.6 Å². The van der Waals surface area contributed by atoms with Crippen molar-refractivity contribution < 1.29 is 4.74 Å². The SMILES string of the molecule is CCC1CN(CC2CCOC2)C2(CCCCC2)CN1. The first kappa shape index (κ1) is 13.8. The van der Waals surface area contributed by atoms with Crippen LogP contribution in [0, 0.1) is 5.92 Å². The lowest BCUT2D eigenvalue weighted by molar-refractivity contribution is -0.00279. The van der Waals surface area contributed by atoms with Crippen molar-refractivity contribution in [2.45, 2.75) is 63.5 Å². The van der Waals surface area contributed by atoms with E-state index in [9.17, 15) is 0 Å². The molecule has 2 unspecified atom stereocenters. The molecule has 1 aliphatic carbocycles. The highest BCUT2D eigenvalue weighted by atomic mass is 16.5. The van der Waals surface area contributed by atoms with Crippen molar-refractivity contribution in [2.75, 3.05) is 32.8 Å². The Morgan fingerprint density at radius 1 is 1.26 bits per heavy atom. The van der Waals surface area contributed by atoms with Gasteiger partial charge in [0.25, 0.3) is 0 Å². The smallest absolute Gasteiger partial charge is 0.0507 e. The maximum atomic E-state index is 5.59. The molecule has 2 aliphatic heterocycles. The van der Waals surface area contributed by atoms with Gasteiger partial charge in [-0.1, -0.05) is 26.2 Å². The van der Waals surface area contributed by atoms with E-state index in [0.717, 1.165) is 19.1 Å². The van der Waals surface area contributed by atoms with Crippen molar-refractivity contribution in [2.24, 2.45) is 5.92 Å². The Labute approximate surface area is 118 Å². The molecule has 0 radical (unpaired) electrons. The maximum absolute atomic E-state index is 5.59. The molecule has 1 spiro atoms. The fourth-order valence-corrected chi connectivity index (χ4v) is 4.25. The average Bonchev–Trinajstić information content (AvgIpc) is 2.95. The van der Waals surface area contributed by atoms with E-state index in [1.165, 1.54) is 64.6 Å². The van der Waals surface area contributed by atoms with Crippen molar-refractivity contribution in [3.8, 4) is 0 Å². The Balaban J connectivity index is 1.68. The molecule has 0 bridgehead atoms. The van der Waals surface area contributed by atoms with Gasteiger partial charge in [0.2, 0.25) is 0 Å². The first-order chi connectivity index (χ1) is 9.32. The summed E-state index contributed by atoms with van der Waals surface area (Å²) in [5.74, 6) is 0.786. The first-order valence-corrected chi connectivity index (χ1v) is 8.38. The number of ether oxygens (including phenoxy) is 1. The van der Waals surface area contributed by atoms with Crippen LogP contribution in [-0.2, 0) is 4.74 Å². The highest BCUT2D eigenvalue weighted by molar-refractivity contribution is 5.00. The maximum Gasteiger partial charge on any atom is 0.0507 e. The second kappa shape index (κ2) is 6.11. The molecule has 2 atom stereocenters. The number of rotatable bonds is 3. The number of piperazine rings is 1. The Bertz CT molecular complexity index is 282. The second-order valence-electron chi connectivity index (χ2n) is 6.91. The third-order valence-corrected chi connectivity index (χ3v) is 5.61. The van der Waals surface area contributed by atoms with E-state index in [2.05, 4.69) is 17.1 Å². The minimum Gasteiger partial charge on any atom is -0.381 e. The van der Waals surface area contributed by atoms with Crippen LogP contribution in [0.4, 0.5) is 0 Å². The molecular weight excluding hydrogens is 236 g/mol. The highest BCUT2D eigenvalue weighted by Crippen LogP contribution is 2.36. The van der Waals surface area contributed by atoms with E-state index in [1.807, 2.05) is 0 Å². The van der Waals surface area contributed by atoms with Crippen molar-refractivity contribution in [1.29, 1.82) is 0 Å². The minimum absolute atomic E-state index is 0.479. The van der Waals surface area contributed by atoms with E-state index >= 15 is 0 Å². The van der Waals surface area contributed by atoms with Gasteiger partial charge < -0.3 is 10.1 Å². The van der Waals surface area contributed by atoms with E-state index in [0.29, 0.717) is 11.6 Å². The molecule has 3 aliphatic rings. The highest BCUT2D eigenvalue weighted by Gasteiger charge is 2.42. The molecular formula is C16H30N2O. The van der Waals surface area contributed by atoms with Gasteiger partial charge in [0.15, 0.2) is 0 Å². The summed E-state index contributed by atoms with van der Waals surface area (Å²) in [6.07, 6.45) is 9.64. The van der Waals surface area contributed by atoms with Crippen LogP contribution in [0.1, 0.15) is 51.9 Å². The molecule has 2 saturated heterocycles. The van der Waals surface area contributed by atoms with E-state index in [1.54, 1.807) is 0 Å². The van der Waals surface area contributed by atoms with Gasteiger partial charge in [-0.2, -0.15) is 0 Å². The van der Waals surface area contributed by atoms with Crippen LogP contribution in [0.25, 0.3) is 0 Å². The fraction of sp³-hybridized carbons (Fsp3) is 1.00. The zero-order chi connectivity index (χ0) is 13.1. The van der Waals surface area contributed by atoms with E-state index in [4.69, 9.17) is 4.74 Å². The molecule has 1 N–H and O–H groups in total. The Kier molecular flexibility index (Phi) is 4.45. The molecule has 110 valence electrons. The third kappa shape index (κ3) is 2.98. The summed E-state index contributed by atoms with van der Waals surface area (Å²) in [5, 5.41) is 3.81. The summed E-state index contributed by atoms with van der Waals surface area (Å²) in [5.41, 5.74) is 0.479. The Hall–Kier alpha value is -0.120. The number of nitrogens with zero attached hydrogens (tertiary/aromatic N) is 1. The lowest BCUT2D eigenvalue weighted by Gasteiger charge is -2.52. The topological polar surface area (TPSA) is 24.5 Å².